The molecule has 0 heterocycles. The molecular formula is C10H10BrNO3. The molecule has 0 fully saturated rings. The van der Waals surface area contributed by atoms with Crippen molar-refractivity contribution < 1.29 is 14.7 Å². The fourth-order valence-corrected chi connectivity index (χ4v) is 1.47. The van der Waals surface area contributed by atoms with E-state index >= 15 is 0 Å². The van der Waals surface area contributed by atoms with Crippen LogP contribution < -0.4 is 5.32 Å². The lowest BCUT2D eigenvalue weighted by Crippen LogP contribution is -2.31. The van der Waals surface area contributed by atoms with Gasteiger partial charge in [0.05, 0.1) is 0 Å². The molecule has 0 aliphatic rings. The largest absolute Gasteiger partial charge is 0.480 e. The van der Waals surface area contributed by atoms with E-state index in [1.165, 1.54) is 7.05 Å². The van der Waals surface area contributed by atoms with E-state index < -0.39 is 17.8 Å². The first kappa shape index (κ1) is 11.7. The second kappa shape index (κ2) is 4.93. The molecule has 1 rings (SSSR count). The first-order valence-electron chi connectivity index (χ1n) is 4.26. The van der Waals surface area contributed by atoms with Gasteiger partial charge in [0.25, 0.3) is 0 Å². The monoisotopic (exact) mass is 271 g/mol. The van der Waals surface area contributed by atoms with Crippen molar-refractivity contribution in [3.63, 3.8) is 0 Å². The number of rotatable bonds is 3. The van der Waals surface area contributed by atoms with Crippen LogP contribution in [0.2, 0.25) is 0 Å². The van der Waals surface area contributed by atoms with Crippen molar-refractivity contribution in [1.82, 2.24) is 5.32 Å². The molecule has 1 aromatic rings. The van der Waals surface area contributed by atoms with Crippen LogP contribution in [0.4, 0.5) is 0 Å². The molecule has 0 bridgehead atoms. The minimum absolute atomic E-state index is 0.463. The van der Waals surface area contributed by atoms with Crippen molar-refractivity contribution in [2.45, 2.75) is 5.92 Å². The molecule has 0 aliphatic carbocycles. The Kier molecular flexibility index (Phi) is 3.85. The molecular weight excluding hydrogens is 262 g/mol. The molecule has 0 saturated heterocycles. The molecule has 5 heteroatoms. The summed E-state index contributed by atoms with van der Waals surface area (Å²) < 4.78 is 0.840. The van der Waals surface area contributed by atoms with Crippen LogP contribution in [0.3, 0.4) is 0 Å². The molecule has 0 radical (unpaired) electrons. The molecule has 1 unspecified atom stereocenters. The van der Waals surface area contributed by atoms with Gasteiger partial charge in [-0.3, -0.25) is 9.59 Å². The number of hydrogen-bond donors (Lipinski definition) is 2. The molecule has 1 amide bonds. The maximum Gasteiger partial charge on any atom is 0.320 e. The van der Waals surface area contributed by atoms with Gasteiger partial charge in [-0.1, -0.05) is 28.1 Å². The number of amides is 1. The highest BCUT2D eigenvalue weighted by molar-refractivity contribution is 9.10. The molecule has 15 heavy (non-hydrogen) atoms. The van der Waals surface area contributed by atoms with E-state index in [0.29, 0.717) is 5.56 Å². The van der Waals surface area contributed by atoms with Crippen LogP contribution in [-0.4, -0.2) is 24.0 Å². The molecule has 1 atom stereocenters. The van der Waals surface area contributed by atoms with Crippen molar-refractivity contribution in [2.75, 3.05) is 7.05 Å². The zero-order chi connectivity index (χ0) is 11.4. The molecule has 1 aromatic carbocycles. The summed E-state index contributed by atoms with van der Waals surface area (Å²) in [4.78, 5) is 22.2. The number of halogens is 1. The van der Waals surface area contributed by atoms with Gasteiger partial charge in [-0.15, -0.1) is 0 Å². The first-order chi connectivity index (χ1) is 7.06. The number of benzene rings is 1. The number of carbonyl (C=O) groups is 2. The normalized spacial score (nSPS) is 11.9. The highest BCUT2D eigenvalue weighted by Gasteiger charge is 2.26. The predicted molar refractivity (Wildman–Crippen MR) is 58.6 cm³/mol. The van der Waals surface area contributed by atoms with E-state index in [0.717, 1.165) is 4.47 Å². The van der Waals surface area contributed by atoms with Crippen LogP contribution in [0, 0.1) is 0 Å². The molecule has 2 N–H and O–H groups in total. The van der Waals surface area contributed by atoms with E-state index in [1.54, 1.807) is 24.3 Å². The number of nitrogens with one attached hydrogen (secondary N) is 1. The Morgan fingerprint density at radius 2 is 1.87 bits per heavy atom. The number of carbonyl (C=O) groups excluding carboxylic acids is 1. The summed E-state index contributed by atoms with van der Waals surface area (Å²) in [5.41, 5.74) is 0.463. The molecule has 0 spiro atoms. The smallest absolute Gasteiger partial charge is 0.320 e. The molecule has 4 nitrogen and oxygen atoms in total. The van der Waals surface area contributed by atoms with Crippen LogP contribution in [0.1, 0.15) is 11.5 Å². The van der Waals surface area contributed by atoms with Crippen molar-refractivity contribution in [2.24, 2.45) is 0 Å². The highest BCUT2D eigenvalue weighted by Crippen LogP contribution is 2.19. The maximum absolute atomic E-state index is 11.3. The summed E-state index contributed by atoms with van der Waals surface area (Å²) in [6, 6.07) is 6.62. The zero-order valence-electron chi connectivity index (χ0n) is 8.03. The van der Waals surface area contributed by atoms with Gasteiger partial charge in [0.15, 0.2) is 5.92 Å². The van der Waals surface area contributed by atoms with E-state index in [1.807, 2.05) is 0 Å². The highest BCUT2D eigenvalue weighted by atomic mass is 79.9. The van der Waals surface area contributed by atoms with Crippen LogP contribution in [0.5, 0.6) is 0 Å². The topological polar surface area (TPSA) is 66.4 Å². The summed E-state index contributed by atoms with van der Waals surface area (Å²) >= 11 is 3.24. The quantitative estimate of drug-likeness (QED) is 0.816. The van der Waals surface area contributed by atoms with Gasteiger partial charge in [0.1, 0.15) is 0 Å². The second-order valence-corrected chi connectivity index (χ2v) is 3.85. The predicted octanol–water partition coefficient (Wildman–Crippen LogP) is 1.36. The summed E-state index contributed by atoms with van der Waals surface area (Å²) in [5.74, 6) is -2.83. The number of hydrogen-bond acceptors (Lipinski definition) is 2. The SMILES string of the molecule is CNC(=O)C(C(=O)O)c1ccc(Br)cc1. The minimum Gasteiger partial charge on any atom is -0.480 e. The number of likely N-dealkylation sites (N-methyl/N-ethyl adjacent to an activating group) is 1. The molecule has 0 aliphatic heterocycles. The van der Waals surface area contributed by atoms with E-state index in [4.69, 9.17) is 5.11 Å². The Morgan fingerprint density at radius 1 is 1.33 bits per heavy atom. The Labute approximate surface area is 95.4 Å². The van der Waals surface area contributed by atoms with Crippen LogP contribution in [0.15, 0.2) is 28.7 Å². The number of carboxylic acids is 1. The van der Waals surface area contributed by atoms with Gasteiger partial charge in [0.2, 0.25) is 5.91 Å². The van der Waals surface area contributed by atoms with E-state index in [2.05, 4.69) is 21.2 Å². The summed E-state index contributed by atoms with van der Waals surface area (Å²) in [6.45, 7) is 0. The first-order valence-corrected chi connectivity index (χ1v) is 5.05. The summed E-state index contributed by atoms with van der Waals surface area (Å²) in [7, 11) is 1.41. The zero-order valence-corrected chi connectivity index (χ0v) is 9.61. The molecule has 0 saturated carbocycles. The van der Waals surface area contributed by atoms with Crippen LogP contribution in [-0.2, 0) is 9.59 Å². The average Bonchev–Trinajstić information content (AvgIpc) is 2.20. The summed E-state index contributed by atoms with van der Waals surface area (Å²) in [6.07, 6.45) is 0. The summed E-state index contributed by atoms with van der Waals surface area (Å²) in [5, 5.41) is 11.3. The fourth-order valence-electron chi connectivity index (χ4n) is 1.21. The Morgan fingerprint density at radius 3 is 2.27 bits per heavy atom. The maximum atomic E-state index is 11.3. The van der Waals surface area contributed by atoms with Crippen molar-refractivity contribution >= 4 is 27.8 Å². The number of carboxylic acid groups (broad SMARTS) is 1. The third kappa shape index (κ3) is 2.79. The van der Waals surface area contributed by atoms with Crippen molar-refractivity contribution in [3.8, 4) is 0 Å². The Balaban J connectivity index is 3.04. The second-order valence-electron chi connectivity index (χ2n) is 2.94. The van der Waals surface area contributed by atoms with Gasteiger partial charge >= 0.3 is 5.97 Å². The third-order valence-electron chi connectivity index (χ3n) is 1.96. The van der Waals surface area contributed by atoms with Crippen LogP contribution in [0.25, 0.3) is 0 Å². The average molecular weight is 272 g/mol. The standard InChI is InChI=1S/C10H10BrNO3/c1-12-9(13)8(10(14)15)6-2-4-7(11)5-3-6/h2-5,8H,1H3,(H,12,13)(H,14,15). The molecule has 80 valence electrons. The van der Waals surface area contributed by atoms with Gasteiger partial charge in [-0.2, -0.15) is 0 Å². The van der Waals surface area contributed by atoms with Gasteiger partial charge in [0, 0.05) is 11.5 Å². The Bertz CT molecular complexity index is 375. The number of aliphatic carboxylic acids is 1. The van der Waals surface area contributed by atoms with Crippen molar-refractivity contribution in [3.05, 3.63) is 34.3 Å². The van der Waals surface area contributed by atoms with Crippen LogP contribution >= 0.6 is 15.9 Å². The lowest BCUT2D eigenvalue weighted by atomic mass is 9.99. The van der Waals surface area contributed by atoms with Gasteiger partial charge < -0.3 is 10.4 Å². The molecule has 0 aromatic heterocycles. The van der Waals surface area contributed by atoms with Crippen molar-refractivity contribution in [1.29, 1.82) is 0 Å². The minimum atomic E-state index is -1.16. The van der Waals surface area contributed by atoms with E-state index in [9.17, 15) is 9.59 Å². The Hall–Kier alpha value is -1.36. The third-order valence-corrected chi connectivity index (χ3v) is 2.49. The van der Waals surface area contributed by atoms with Gasteiger partial charge in [-0.05, 0) is 17.7 Å². The fraction of sp³-hybridized carbons (Fsp3) is 0.200. The van der Waals surface area contributed by atoms with Gasteiger partial charge in [-0.25, -0.2) is 0 Å². The van der Waals surface area contributed by atoms with E-state index in [-0.39, 0.29) is 0 Å². The lowest BCUT2D eigenvalue weighted by Gasteiger charge is -2.10. The lowest BCUT2D eigenvalue weighted by molar-refractivity contribution is -0.143.